The number of furan rings is 2. The molecule has 0 aromatic carbocycles. The molecule has 5 nitrogen and oxygen atoms in total. The van der Waals surface area contributed by atoms with E-state index in [1.54, 1.807) is 6.26 Å². The third-order valence-corrected chi connectivity index (χ3v) is 4.35. The number of rotatable bonds is 3. The Morgan fingerprint density at radius 1 is 1.30 bits per heavy atom. The van der Waals surface area contributed by atoms with E-state index >= 15 is 0 Å². The quantitative estimate of drug-likeness (QED) is 0.741. The van der Waals surface area contributed by atoms with Crippen molar-refractivity contribution in [2.75, 3.05) is 6.54 Å². The van der Waals surface area contributed by atoms with E-state index in [9.17, 15) is 0 Å². The molecule has 0 fully saturated rings. The second kappa shape index (κ2) is 5.66. The first-order valence-corrected chi connectivity index (χ1v) is 7.86. The standard InChI is InChI=1S/C18H19N3O2/c1-12-8-15(23-13(12)2)11-21-6-5-16-14(10-21)9-19-18(20-16)17-4-3-7-22-17/h3-4,7-9H,5-6,10-11H2,1-2H3. The van der Waals surface area contributed by atoms with Crippen molar-refractivity contribution in [3.63, 3.8) is 0 Å². The van der Waals surface area contributed by atoms with Crippen LogP contribution in [0.2, 0.25) is 0 Å². The van der Waals surface area contributed by atoms with Crippen LogP contribution >= 0.6 is 0 Å². The van der Waals surface area contributed by atoms with Crippen molar-refractivity contribution in [2.24, 2.45) is 0 Å². The van der Waals surface area contributed by atoms with Crippen molar-refractivity contribution in [3.05, 3.63) is 59.0 Å². The van der Waals surface area contributed by atoms with E-state index in [1.807, 2.05) is 25.3 Å². The summed E-state index contributed by atoms with van der Waals surface area (Å²) in [4.78, 5) is 11.5. The summed E-state index contributed by atoms with van der Waals surface area (Å²) in [6.07, 6.45) is 4.49. The van der Waals surface area contributed by atoms with E-state index in [0.717, 1.165) is 49.0 Å². The third kappa shape index (κ3) is 2.80. The van der Waals surface area contributed by atoms with Crippen LogP contribution in [0, 0.1) is 13.8 Å². The van der Waals surface area contributed by atoms with Gasteiger partial charge in [0.15, 0.2) is 11.6 Å². The second-order valence-corrected chi connectivity index (χ2v) is 6.06. The summed E-state index contributed by atoms with van der Waals surface area (Å²) in [5.41, 5.74) is 3.52. The SMILES string of the molecule is Cc1cc(CN2CCc3nc(-c4ccco4)ncc3C2)oc1C. The van der Waals surface area contributed by atoms with Gasteiger partial charge in [-0.15, -0.1) is 0 Å². The molecule has 5 heteroatoms. The van der Waals surface area contributed by atoms with Gasteiger partial charge in [0.05, 0.1) is 18.5 Å². The van der Waals surface area contributed by atoms with Crippen LogP contribution < -0.4 is 0 Å². The van der Waals surface area contributed by atoms with E-state index in [1.165, 1.54) is 11.1 Å². The number of hydrogen-bond donors (Lipinski definition) is 0. The zero-order valence-electron chi connectivity index (χ0n) is 13.4. The van der Waals surface area contributed by atoms with Crippen molar-refractivity contribution in [3.8, 4) is 11.6 Å². The van der Waals surface area contributed by atoms with Gasteiger partial charge in [-0.05, 0) is 37.6 Å². The van der Waals surface area contributed by atoms with Gasteiger partial charge in [-0.3, -0.25) is 4.90 Å². The van der Waals surface area contributed by atoms with Crippen LogP contribution in [0.15, 0.2) is 39.5 Å². The van der Waals surface area contributed by atoms with E-state index < -0.39 is 0 Å². The van der Waals surface area contributed by atoms with Gasteiger partial charge >= 0.3 is 0 Å². The highest BCUT2D eigenvalue weighted by molar-refractivity contribution is 5.46. The lowest BCUT2D eigenvalue weighted by atomic mass is 10.1. The molecular formula is C18H19N3O2. The molecule has 3 aromatic rings. The number of fused-ring (bicyclic) bond motifs is 1. The summed E-state index contributed by atoms with van der Waals surface area (Å²) in [5, 5.41) is 0. The largest absolute Gasteiger partial charge is 0.465 e. The van der Waals surface area contributed by atoms with Gasteiger partial charge in [0, 0.05) is 31.3 Å². The Kier molecular flexibility index (Phi) is 3.50. The predicted octanol–water partition coefficient (Wildman–Crippen LogP) is 3.50. The Morgan fingerprint density at radius 3 is 2.96 bits per heavy atom. The van der Waals surface area contributed by atoms with Crippen molar-refractivity contribution in [1.29, 1.82) is 0 Å². The Labute approximate surface area is 135 Å². The molecule has 0 saturated heterocycles. The fraction of sp³-hybridized carbons (Fsp3) is 0.333. The van der Waals surface area contributed by atoms with Crippen LogP contribution in [0.4, 0.5) is 0 Å². The van der Waals surface area contributed by atoms with Crippen molar-refractivity contribution in [1.82, 2.24) is 14.9 Å². The highest BCUT2D eigenvalue weighted by Crippen LogP contribution is 2.23. The van der Waals surface area contributed by atoms with Crippen LogP contribution in [0.1, 0.15) is 28.3 Å². The molecule has 0 N–H and O–H groups in total. The summed E-state index contributed by atoms with van der Waals surface area (Å²) in [7, 11) is 0. The zero-order valence-corrected chi connectivity index (χ0v) is 13.4. The molecule has 1 aliphatic rings. The van der Waals surface area contributed by atoms with Gasteiger partial charge < -0.3 is 8.83 Å². The highest BCUT2D eigenvalue weighted by Gasteiger charge is 2.20. The lowest BCUT2D eigenvalue weighted by Gasteiger charge is -2.27. The van der Waals surface area contributed by atoms with E-state index in [2.05, 4.69) is 27.9 Å². The van der Waals surface area contributed by atoms with Crippen molar-refractivity contribution < 1.29 is 8.83 Å². The zero-order chi connectivity index (χ0) is 15.8. The fourth-order valence-electron chi connectivity index (χ4n) is 2.98. The Hall–Kier alpha value is -2.40. The van der Waals surface area contributed by atoms with Crippen molar-refractivity contribution >= 4 is 0 Å². The predicted molar refractivity (Wildman–Crippen MR) is 85.7 cm³/mol. The molecule has 0 unspecified atom stereocenters. The normalized spacial score (nSPS) is 14.9. The molecule has 0 saturated carbocycles. The smallest absolute Gasteiger partial charge is 0.195 e. The van der Waals surface area contributed by atoms with Crippen LogP contribution in [-0.2, 0) is 19.5 Å². The molecule has 4 rings (SSSR count). The lowest BCUT2D eigenvalue weighted by Crippen LogP contribution is -2.30. The molecular weight excluding hydrogens is 290 g/mol. The average Bonchev–Trinajstić information content (AvgIpc) is 3.18. The molecule has 4 heterocycles. The fourth-order valence-corrected chi connectivity index (χ4v) is 2.98. The van der Waals surface area contributed by atoms with Gasteiger partial charge in [-0.2, -0.15) is 0 Å². The van der Waals surface area contributed by atoms with Crippen LogP contribution in [0.3, 0.4) is 0 Å². The highest BCUT2D eigenvalue weighted by atomic mass is 16.3. The molecule has 118 valence electrons. The molecule has 23 heavy (non-hydrogen) atoms. The molecule has 0 atom stereocenters. The number of aromatic nitrogens is 2. The van der Waals surface area contributed by atoms with Gasteiger partial charge in [0.2, 0.25) is 0 Å². The number of aryl methyl sites for hydroxylation is 2. The Bertz CT molecular complexity index is 801. The molecule has 1 aliphatic heterocycles. The minimum absolute atomic E-state index is 0.666. The summed E-state index contributed by atoms with van der Waals surface area (Å²) < 4.78 is 11.2. The van der Waals surface area contributed by atoms with Crippen LogP contribution in [0.25, 0.3) is 11.6 Å². The molecule has 0 bridgehead atoms. The summed E-state index contributed by atoms with van der Waals surface area (Å²) >= 11 is 0. The van der Waals surface area contributed by atoms with Crippen LogP contribution in [-0.4, -0.2) is 21.4 Å². The number of hydrogen-bond acceptors (Lipinski definition) is 5. The minimum atomic E-state index is 0.666. The maximum atomic E-state index is 5.79. The minimum Gasteiger partial charge on any atom is -0.465 e. The van der Waals surface area contributed by atoms with Gasteiger partial charge in [-0.25, -0.2) is 9.97 Å². The topological polar surface area (TPSA) is 55.3 Å². The first-order chi connectivity index (χ1) is 11.2. The Balaban J connectivity index is 1.51. The van der Waals surface area contributed by atoms with Gasteiger partial charge in [-0.1, -0.05) is 0 Å². The molecule has 0 aliphatic carbocycles. The maximum Gasteiger partial charge on any atom is 0.195 e. The first kappa shape index (κ1) is 14.2. The summed E-state index contributed by atoms with van der Waals surface area (Å²) in [6.45, 7) is 6.74. The van der Waals surface area contributed by atoms with E-state index in [4.69, 9.17) is 8.83 Å². The summed E-state index contributed by atoms with van der Waals surface area (Å²) in [5.74, 6) is 3.41. The van der Waals surface area contributed by atoms with Crippen LogP contribution in [0.5, 0.6) is 0 Å². The first-order valence-electron chi connectivity index (χ1n) is 7.86. The van der Waals surface area contributed by atoms with E-state index in [-0.39, 0.29) is 0 Å². The molecule has 0 amide bonds. The van der Waals surface area contributed by atoms with E-state index in [0.29, 0.717) is 5.82 Å². The Morgan fingerprint density at radius 2 is 2.22 bits per heavy atom. The monoisotopic (exact) mass is 309 g/mol. The average molecular weight is 309 g/mol. The molecule has 0 radical (unpaired) electrons. The second-order valence-electron chi connectivity index (χ2n) is 6.06. The van der Waals surface area contributed by atoms with Gasteiger partial charge in [0.25, 0.3) is 0 Å². The van der Waals surface area contributed by atoms with Gasteiger partial charge in [0.1, 0.15) is 11.5 Å². The lowest BCUT2D eigenvalue weighted by molar-refractivity contribution is 0.222. The maximum absolute atomic E-state index is 5.79. The van der Waals surface area contributed by atoms with Crippen molar-refractivity contribution in [2.45, 2.75) is 33.4 Å². The molecule has 0 spiro atoms. The molecule has 3 aromatic heterocycles. The third-order valence-electron chi connectivity index (χ3n) is 4.35. The summed E-state index contributed by atoms with van der Waals surface area (Å²) in [6, 6.07) is 5.87. The number of nitrogens with zero attached hydrogens (tertiary/aromatic N) is 3.